The van der Waals surface area contributed by atoms with Crippen LogP contribution in [0.15, 0.2) is 0 Å². The highest BCUT2D eigenvalue weighted by molar-refractivity contribution is 4.77. The van der Waals surface area contributed by atoms with E-state index in [-0.39, 0.29) is 13.0 Å². The van der Waals surface area contributed by atoms with Crippen molar-refractivity contribution in [3.8, 4) is 0 Å². The number of halogens is 3. The van der Waals surface area contributed by atoms with Gasteiger partial charge in [0.15, 0.2) is 5.82 Å². The maximum Gasteiger partial charge on any atom is 0.389 e. The Morgan fingerprint density at radius 1 is 1.27 bits per heavy atom. The highest BCUT2D eigenvalue weighted by Crippen LogP contribution is 2.22. The summed E-state index contributed by atoms with van der Waals surface area (Å²) in [5, 5.41) is 10.6. The Balaban J connectivity index is 2.26. The van der Waals surface area contributed by atoms with Gasteiger partial charge in [-0.3, -0.25) is 0 Å². The summed E-state index contributed by atoms with van der Waals surface area (Å²) in [7, 11) is 0. The summed E-state index contributed by atoms with van der Waals surface area (Å²) in [6, 6.07) is 0. The molecule has 1 aromatic heterocycles. The maximum absolute atomic E-state index is 11.8. The summed E-state index contributed by atoms with van der Waals surface area (Å²) in [4.78, 5) is 0. The first kappa shape index (κ1) is 11.9. The molecule has 1 aromatic rings. The number of aryl methyl sites for hydroxylation is 1. The molecule has 2 N–H and O–H groups in total. The molecule has 8 heteroatoms. The van der Waals surface area contributed by atoms with E-state index < -0.39 is 12.6 Å². The minimum Gasteiger partial charge on any atom is -0.324 e. The van der Waals surface area contributed by atoms with E-state index >= 15 is 0 Å². The molecule has 1 heterocycles. The van der Waals surface area contributed by atoms with Crippen molar-refractivity contribution < 1.29 is 13.2 Å². The van der Waals surface area contributed by atoms with Crippen LogP contribution in [-0.2, 0) is 13.1 Å². The largest absolute Gasteiger partial charge is 0.389 e. The molecule has 5 nitrogen and oxygen atoms in total. The second-order valence-electron chi connectivity index (χ2n) is 3.09. The van der Waals surface area contributed by atoms with Gasteiger partial charge in [-0.15, -0.1) is 5.10 Å². The molecule has 0 fully saturated rings. The van der Waals surface area contributed by atoms with Gasteiger partial charge in [-0.25, -0.2) is 4.68 Å². The topological polar surface area (TPSA) is 69.6 Å². The summed E-state index contributed by atoms with van der Waals surface area (Å²) in [6.45, 7) is 0.557. The minimum absolute atomic E-state index is 0.0768. The van der Waals surface area contributed by atoms with Gasteiger partial charge < -0.3 is 5.73 Å². The fraction of sp³-hybridized carbons (Fsp3) is 0.857. The molecule has 15 heavy (non-hydrogen) atoms. The molecule has 0 saturated heterocycles. The van der Waals surface area contributed by atoms with Crippen LogP contribution in [0.4, 0.5) is 13.2 Å². The first-order valence-corrected chi connectivity index (χ1v) is 4.55. The van der Waals surface area contributed by atoms with Crippen molar-refractivity contribution in [2.45, 2.75) is 38.5 Å². The van der Waals surface area contributed by atoms with Crippen LogP contribution in [-0.4, -0.2) is 26.4 Å². The van der Waals surface area contributed by atoms with Gasteiger partial charge in [-0.05, 0) is 23.3 Å². The van der Waals surface area contributed by atoms with E-state index in [1.54, 1.807) is 0 Å². The van der Waals surface area contributed by atoms with Crippen molar-refractivity contribution in [2.75, 3.05) is 0 Å². The second kappa shape index (κ2) is 5.06. The van der Waals surface area contributed by atoms with Gasteiger partial charge in [0.05, 0.1) is 6.54 Å². The van der Waals surface area contributed by atoms with Crippen molar-refractivity contribution in [3.05, 3.63) is 5.82 Å². The molecule has 86 valence electrons. The fourth-order valence-electron chi connectivity index (χ4n) is 1.13. The first-order valence-electron chi connectivity index (χ1n) is 4.55. The van der Waals surface area contributed by atoms with E-state index in [0.29, 0.717) is 18.8 Å². The average Bonchev–Trinajstić information content (AvgIpc) is 2.58. The Kier molecular flexibility index (Phi) is 4.01. The smallest absolute Gasteiger partial charge is 0.324 e. The van der Waals surface area contributed by atoms with Gasteiger partial charge in [0.2, 0.25) is 0 Å². The molecule has 0 spiro atoms. The molecule has 1 rings (SSSR count). The van der Waals surface area contributed by atoms with Crippen molar-refractivity contribution in [3.63, 3.8) is 0 Å². The Hall–Kier alpha value is -1.18. The lowest BCUT2D eigenvalue weighted by Gasteiger charge is -2.06. The zero-order chi connectivity index (χ0) is 11.3. The number of unbranched alkanes of at least 4 members (excludes halogenated alkanes) is 1. The van der Waals surface area contributed by atoms with E-state index in [0.717, 1.165) is 0 Å². The monoisotopic (exact) mass is 223 g/mol. The summed E-state index contributed by atoms with van der Waals surface area (Å²) >= 11 is 0. The summed E-state index contributed by atoms with van der Waals surface area (Å²) < 4.78 is 36.8. The molecular weight excluding hydrogens is 211 g/mol. The third kappa shape index (κ3) is 4.24. The van der Waals surface area contributed by atoms with Crippen LogP contribution in [0.5, 0.6) is 0 Å². The lowest BCUT2D eigenvalue weighted by molar-refractivity contribution is -0.135. The zero-order valence-electron chi connectivity index (χ0n) is 8.04. The molecule has 0 bridgehead atoms. The molecule has 0 saturated carbocycles. The molecule has 0 amide bonds. The zero-order valence-corrected chi connectivity index (χ0v) is 8.04. The van der Waals surface area contributed by atoms with Crippen LogP contribution < -0.4 is 5.73 Å². The first-order chi connectivity index (χ1) is 7.03. The van der Waals surface area contributed by atoms with Gasteiger partial charge in [-0.1, -0.05) is 0 Å². The number of hydrogen-bond donors (Lipinski definition) is 1. The molecule has 0 radical (unpaired) electrons. The predicted octanol–water partition coefficient (Wildman–Crippen LogP) is 0.864. The number of aromatic nitrogens is 4. The van der Waals surface area contributed by atoms with Crippen molar-refractivity contribution >= 4 is 0 Å². The Morgan fingerprint density at radius 3 is 2.60 bits per heavy atom. The number of hydrogen-bond acceptors (Lipinski definition) is 4. The van der Waals surface area contributed by atoms with Crippen LogP contribution in [0.25, 0.3) is 0 Å². The van der Waals surface area contributed by atoms with Gasteiger partial charge in [0.25, 0.3) is 0 Å². The molecule has 0 aliphatic rings. The maximum atomic E-state index is 11.8. The number of alkyl halides is 3. The van der Waals surface area contributed by atoms with Crippen molar-refractivity contribution in [1.82, 2.24) is 20.2 Å². The summed E-state index contributed by atoms with van der Waals surface area (Å²) in [5.41, 5.74) is 5.33. The minimum atomic E-state index is -4.09. The van der Waals surface area contributed by atoms with E-state index in [1.807, 2.05) is 0 Å². The Bertz CT molecular complexity index is 295. The predicted molar refractivity (Wildman–Crippen MR) is 45.6 cm³/mol. The molecule has 0 aromatic carbocycles. The number of rotatable bonds is 5. The van der Waals surface area contributed by atoms with Gasteiger partial charge in [0.1, 0.15) is 0 Å². The average molecular weight is 223 g/mol. The third-order valence-electron chi connectivity index (χ3n) is 1.87. The lowest BCUT2D eigenvalue weighted by atomic mass is 10.2. The molecular formula is C7H12F3N5. The van der Waals surface area contributed by atoms with Gasteiger partial charge in [0, 0.05) is 13.0 Å². The molecule has 0 atom stereocenters. The molecule has 0 aliphatic heterocycles. The van der Waals surface area contributed by atoms with E-state index in [1.165, 1.54) is 4.68 Å². The van der Waals surface area contributed by atoms with E-state index in [9.17, 15) is 13.2 Å². The second-order valence-corrected chi connectivity index (χ2v) is 3.09. The molecule has 0 unspecified atom stereocenters. The SMILES string of the molecule is NCc1nnnn1CCCCC(F)(F)F. The van der Waals surface area contributed by atoms with Crippen LogP contribution in [0.2, 0.25) is 0 Å². The Morgan fingerprint density at radius 2 is 2.00 bits per heavy atom. The van der Waals surface area contributed by atoms with E-state index in [4.69, 9.17) is 5.73 Å². The van der Waals surface area contributed by atoms with Gasteiger partial charge in [-0.2, -0.15) is 13.2 Å². The van der Waals surface area contributed by atoms with Crippen LogP contribution >= 0.6 is 0 Å². The fourth-order valence-corrected chi connectivity index (χ4v) is 1.13. The standard InChI is InChI=1S/C7H12F3N5/c8-7(9,10)3-1-2-4-15-6(5-11)12-13-14-15/h1-5,11H2. The normalized spacial score (nSPS) is 12.0. The third-order valence-corrected chi connectivity index (χ3v) is 1.87. The summed E-state index contributed by atoms with van der Waals surface area (Å²) in [6.07, 6.45) is -4.39. The number of tetrazole rings is 1. The van der Waals surface area contributed by atoms with Crippen LogP contribution in [0.1, 0.15) is 25.1 Å². The lowest BCUT2D eigenvalue weighted by Crippen LogP contribution is -2.11. The molecule has 0 aliphatic carbocycles. The number of nitrogens with zero attached hydrogens (tertiary/aromatic N) is 4. The Labute approximate surface area is 84.4 Å². The summed E-state index contributed by atoms with van der Waals surface area (Å²) in [5.74, 6) is 0.488. The van der Waals surface area contributed by atoms with Crippen molar-refractivity contribution in [2.24, 2.45) is 5.73 Å². The quantitative estimate of drug-likeness (QED) is 0.752. The van der Waals surface area contributed by atoms with Crippen LogP contribution in [0.3, 0.4) is 0 Å². The highest BCUT2D eigenvalue weighted by Gasteiger charge is 2.25. The van der Waals surface area contributed by atoms with E-state index in [2.05, 4.69) is 15.5 Å². The number of nitrogens with two attached hydrogens (primary N) is 1. The van der Waals surface area contributed by atoms with Gasteiger partial charge >= 0.3 is 6.18 Å². The highest BCUT2D eigenvalue weighted by atomic mass is 19.4. The van der Waals surface area contributed by atoms with Crippen LogP contribution in [0, 0.1) is 0 Å². The van der Waals surface area contributed by atoms with Crippen molar-refractivity contribution in [1.29, 1.82) is 0 Å².